The zero-order valence-corrected chi connectivity index (χ0v) is 7.61. The van der Waals surface area contributed by atoms with Crippen LogP contribution in [0.3, 0.4) is 0 Å². The molecule has 0 saturated carbocycles. The Balaban J connectivity index is 2.07. The fraction of sp³-hybridized carbons (Fsp3) is 0.556. The first-order valence-electron chi connectivity index (χ1n) is 4.55. The molecule has 0 aromatic carbocycles. The van der Waals surface area contributed by atoms with E-state index < -0.39 is 0 Å². The summed E-state index contributed by atoms with van der Waals surface area (Å²) in [7, 11) is 0. The number of anilines is 1. The molecule has 1 aromatic heterocycles. The number of nitrogens with zero attached hydrogens (tertiary/aromatic N) is 2. The summed E-state index contributed by atoms with van der Waals surface area (Å²) in [5.74, 6) is 0.673. The van der Waals surface area contributed by atoms with Crippen LogP contribution >= 0.6 is 0 Å². The predicted octanol–water partition coefficient (Wildman–Crippen LogP) is 1.05. The SMILES string of the molecule is OCCCCCNc1ncccn1. The van der Waals surface area contributed by atoms with Gasteiger partial charge in [-0.05, 0) is 25.3 Å². The summed E-state index contributed by atoms with van der Waals surface area (Å²) in [5, 5.41) is 11.6. The summed E-state index contributed by atoms with van der Waals surface area (Å²) in [6.07, 6.45) is 6.37. The lowest BCUT2D eigenvalue weighted by molar-refractivity contribution is 0.283. The first-order chi connectivity index (χ1) is 6.43. The summed E-state index contributed by atoms with van der Waals surface area (Å²) >= 11 is 0. The molecule has 72 valence electrons. The fourth-order valence-corrected chi connectivity index (χ4v) is 1.00. The molecule has 0 fully saturated rings. The molecule has 0 aliphatic heterocycles. The van der Waals surface area contributed by atoms with E-state index in [0.29, 0.717) is 5.95 Å². The molecule has 0 spiro atoms. The van der Waals surface area contributed by atoms with E-state index in [2.05, 4.69) is 15.3 Å². The van der Waals surface area contributed by atoms with Crippen LogP contribution in [0.15, 0.2) is 18.5 Å². The first-order valence-corrected chi connectivity index (χ1v) is 4.55. The second-order valence-corrected chi connectivity index (χ2v) is 2.78. The van der Waals surface area contributed by atoms with Crippen molar-refractivity contribution in [1.82, 2.24) is 9.97 Å². The number of aromatic nitrogens is 2. The van der Waals surface area contributed by atoms with E-state index >= 15 is 0 Å². The van der Waals surface area contributed by atoms with Crippen molar-refractivity contribution in [2.45, 2.75) is 19.3 Å². The van der Waals surface area contributed by atoms with E-state index in [1.807, 2.05) is 0 Å². The van der Waals surface area contributed by atoms with Gasteiger partial charge in [0.2, 0.25) is 5.95 Å². The number of rotatable bonds is 6. The first kappa shape index (κ1) is 9.92. The Hall–Kier alpha value is -1.16. The monoisotopic (exact) mass is 181 g/mol. The van der Waals surface area contributed by atoms with Gasteiger partial charge in [0.15, 0.2) is 0 Å². The van der Waals surface area contributed by atoms with Gasteiger partial charge in [0, 0.05) is 25.5 Å². The van der Waals surface area contributed by atoms with Crippen molar-refractivity contribution in [3.05, 3.63) is 18.5 Å². The molecule has 1 aromatic rings. The smallest absolute Gasteiger partial charge is 0.222 e. The van der Waals surface area contributed by atoms with Crippen LogP contribution in [0.1, 0.15) is 19.3 Å². The summed E-state index contributed by atoms with van der Waals surface area (Å²) in [6.45, 7) is 1.14. The standard InChI is InChI=1S/C9H15N3O/c13-8-3-1-2-5-10-9-11-6-4-7-12-9/h4,6-7,13H,1-3,5,8H2,(H,10,11,12). The van der Waals surface area contributed by atoms with Gasteiger partial charge in [-0.25, -0.2) is 9.97 Å². The lowest BCUT2D eigenvalue weighted by Crippen LogP contribution is -2.04. The molecule has 0 radical (unpaired) electrons. The number of hydrogen-bond donors (Lipinski definition) is 2. The summed E-state index contributed by atoms with van der Waals surface area (Å²) < 4.78 is 0. The second kappa shape index (κ2) is 6.37. The van der Waals surface area contributed by atoms with Gasteiger partial charge in [0.1, 0.15) is 0 Å². The molecule has 0 aliphatic rings. The number of hydrogen-bond acceptors (Lipinski definition) is 4. The molecule has 0 aliphatic carbocycles. The molecular weight excluding hydrogens is 166 g/mol. The van der Waals surface area contributed by atoms with Gasteiger partial charge in [-0.2, -0.15) is 0 Å². The van der Waals surface area contributed by atoms with Gasteiger partial charge >= 0.3 is 0 Å². The molecule has 0 saturated heterocycles. The Morgan fingerprint density at radius 3 is 2.62 bits per heavy atom. The van der Waals surface area contributed by atoms with Gasteiger partial charge < -0.3 is 10.4 Å². The molecule has 4 nitrogen and oxygen atoms in total. The topological polar surface area (TPSA) is 58.0 Å². The third kappa shape index (κ3) is 4.42. The average molecular weight is 181 g/mol. The maximum absolute atomic E-state index is 8.54. The Morgan fingerprint density at radius 2 is 1.92 bits per heavy atom. The number of aliphatic hydroxyl groups is 1. The van der Waals surface area contributed by atoms with E-state index in [9.17, 15) is 0 Å². The third-order valence-corrected chi connectivity index (χ3v) is 1.68. The Kier molecular flexibility index (Phi) is 4.86. The minimum Gasteiger partial charge on any atom is -0.396 e. The number of nitrogens with one attached hydrogen (secondary N) is 1. The van der Waals surface area contributed by atoms with Crippen LogP contribution < -0.4 is 5.32 Å². The fourth-order valence-electron chi connectivity index (χ4n) is 1.00. The van der Waals surface area contributed by atoms with E-state index in [1.54, 1.807) is 18.5 Å². The highest BCUT2D eigenvalue weighted by molar-refractivity contribution is 5.21. The zero-order valence-electron chi connectivity index (χ0n) is 7.61. The van der Waals surface area contributed by atoms with Crippen LogP contribution in [0, 0.1) is 0 Å². The average Bonchev–Trinajstić information content (AvgIpc) is 2.19. The highest BCUT2D eigenvalue weighted by Gasteiger charge is 1.91. The summed E-state index contributed by atoms with van der Waals surface area (Å²) in [5.41, 5.74) is 0. The van der Waals surface area contributed by atoms with Crippen LogP contribution in [0.2, 0.25) is 0 Å². The van der Waals surface area contributed by atoms with Gasteiger partial charge in [0.25, 0.3) is 0 Å². The number of unbranched alkanes of at least 4 members (excludes halogenated alkanes) is 2. The predicted molar refractivity (Wildman–Crippen MR) is 51.5 cm³/mol. The van der Waals surface area contributed by atoms with Crippen molar-refractivity contribution in [3.8, 4) is 0 Å². The minimum atomic E-state index is 0.280. The summed E-state index contributed by atoms with van der Waals surface area (Å²) in [6, 6.07) is 1.79. The molecule has 0 atom stereocenters. The van der Waals surface area contributed by atoms with Crippen LogP contribution in [-0.4, -0.2) is 28.2 Å². The summed E-state index contributed by atoms with van der Waals surface area (Å²) in [4.78, 5) is 8.05. The quantitative estimate of drug-likeness (QED) is 0.644. The maximum Gasteiger partial charge on any atom is 0.222 e. The van der Waals surface area contributed by atoms with Crippen LogP contribution in [0.25, 0.3) is 0 Å². The van der Waals surface area contributed by atoms with Gasteiger partial charge in [-0.15, -0.1) is 0 Å². The van der Waals surface area contributed by atoms with Gasteiger partial charge in [-0.1, -0.05) is 0 Å². The van der Waals surface area contributed by atoms with Crippen molar-refractivity contribution < 1.29 is 5.11 Å². The largest absolute Gasteiger partial charge is 0.396 e. The molecule has 1 rings (SSSR count). The van der Waals surface area contributed by atoms with Crippen LogP contribution in [0.5, 0.6) is 0 Å². The maximum atomic E-state index is 8.54. The lowest BCUT2D eigenvalue weighted by Gasteiger charge is -2.02. The zero-order chi connectivity index (χ0) is 9.36. The molecule has 4 heteroatoms. The van der Waals surface area contributed by atoms with Crippen LogP contribution in [-0.2, 0) is 0 Å². The van der Waals surface area contributed by atoms with Gasteiger partial charge in [0.05, 0.1) is 0 Å². The minimum absolute atomic E-state index is 0.280. The molecule has 0 bridgehead atoms. The lowest BCUT2D eigenvalue weighted by atomic mass is 10.2. The molecule has 1 heterocycles. The van der Waals surface area contributed by atoms with Crippen LogP contribution in [0.4, 0.5) is 5.95 Å². The van der Waals surface area contributed by atoms with Crippen molar-refractivity contribution in [3.63, 3.8) is 0 Å². The van der Waals surface area contributed by atoms with E-state index in [0.717, 1.165) is 25.8 Å². The van der Waals surface area contributed by atoms with Crippen molar-refractivity contribution in [2.24, 2.45) is 0 Å². The van der Waals surface area contributed by atoms with E-state index in [4.69, 9.17) is 5.11 Å². The van der Waals surface area contributed by atoms with E-state index in [-0.39, 0.29) is 6.61 Å². The van der Waals surface area contributed by atoms with Gasteiger partial charge in [-0.3, -0.25) is 0 Å². The second-order valence-electron chi connectivity index (χ2n) is 2.78. The molecule has 2 N–H and O–H groups in total. The normalized spacial score (nSPS) is 9.92. The third-order valence-electron chi connectivity index (χ3n) is 1.68. The molecule has 13 heavy (non-hydrogen) atoms. The van der Waals surface area contributed by atoms with Crippen molar-refractivity contribution in [1.29, 1.82) is 0 Å². The Bertz CT molecular complexity index is 215. The number of aliphatic hydroxyl groups excluding tert-OH is 1. The highest BCUT2D eigenvalue weighted by Crippen LogP contribution is 1.97. The van der Waals surface area contributed by atoms with Crippen molar-refractivity contribution in [2.75, 3.05) is 18.5 Å². The highest BCUT2D eigenvalue weighted by atomic mass is 16.2. The molecule has 0 amide bonds. The Labute approximate surface area is 78.0 Å². The molecule has 0 unspecified atom stereocenters. The molecular formula is C9H15N3O. The Morgan fingerprint density at radius 1 is 1.15 bits per heavy atom. The van der Waals surface area contributed by atoms with E-state index in [1.165, 1.54) is 0 Å². The van der Waals surface area contributed by atoms with Crippen molar-refractivity contribution >= 4 is 5.95 Å².